The van der Waals surface area contributed by atoms with E-state index in [2.05, 4.69) is 13.8 Å². The molecule has 188 valence electrons. The second-order valence-electron chi connectivity index (χ2n) is 9.65. The third kappa shape index (κ3) is 4.29. The summed E-state index contributed by atoms with van der Waals surface area (Å²) >= 11 is 1.37. The van der Waals surface area contributed by atoms with Crippen LogP contribution in [0.5, 0.6) is 5.75 Å². The molecule has 6 nitrogen and oxygen atoms in total. The number of aliphatic hydroxyl groups is 1. The molecular weight excluding hydrogens is 484 g/mol. The number of amides is 1. The van der Waals surface area contributed by atoms with Crippen LogP contribution in [0.2, 0.25) is 0 Å². The number of hydrogen-bond acceptors (Lipinski definition) is 6. The molecule has 4 aromatic rings. The van der Waals surface area contributed by atoms with Gasteiger partial charge in [0.05, 0.1) is 28.9 Å². The number of anilines is 1. The van der Waals surface area contributed by atoms with Crippen LogP contribution in [0, 0.1) is 13.8 Å². The third-order valence-corrected chi connectivity index (χ3v) is 7.73. The molecule has 1 aromatic heterocycles. The van der Waals surface area contributed by atoms with Crippen LogP contribution in [0.15, 0.2) is 66.2 Å². The minimum Gasteiger partial charge on any atom is -0.507 e. The molecule has 0 radical (unpaired) electrons. The fourth-order valence-corrected chi connectivity index (χ4v) is 5.96. The lowest BCUT2D eigenvalue weighted by Gasteiger charge is -2.23. The highest BCUT2D eigenvalue weighted by atomic mass is 32.1. The number of aliphatic hydroxyl groups excluding tert-OH is 1. The number of Topliss-reactive ketones (excluding diaryl/α,β-unsaturated/α-hetero) is 1. The monoisotopic (exact) mass is 512 g/mol. The lowest BCUT2D eigenvalue weighted by Crippen LogP contribution is -2.29. The van der Waals surface area contributed by atoms with E-state index in [0.29, 0.717) is 22.4 Å². The Kier molecular flexibility index (Phi) is 6.33. The minimum absolute atomic E-state index is 0.0303. The van der Waals surface area contributed by atoms with Gasteiger partial charge in [-0.2, -0.15) is 0 Å². The number of fused-ring (bicyclic) bond motifs is 1. The van der Waals surface area contributed by atoms with Gasteiger partial charge in [0.1, 0.15) is 11.5 Å². The van der Waals surface area contributed by atoms with Gasteiger partial charge in [0.2, 0.25) is 0 Å². The van der Waals surface area contributed by atoms with E-state index in [4.69, 9.17) is 9.72 Å². The summed E-state index contributed by atoms with van der Waals surface area (Å²) in [6, 6.07) is 17.9. The molecule has 1 unspecified atom stereocenters. The standard InChI is InChI=1S/C30H28N2O4S/c1-16(2)19-9-11-20(12-10-19)26-24(27(33)21-7-6-8-22(15-21)36-5)28(34)29(35)32(26)30-31-25-18(4)13-17(3)14-23(25)37-30/h6-16,26,33H,1-5H3/b27-24+. The number of benzene rings is 3. The quantitative estimate of drug-likeness (QED) is 0.183. The number of ketones is 1. The number of carbonyl (C=O) groups is 2. The Morgan fingerprint density at radius 1 is 1.05 bits per heavy atom. The average Bonchev–Trinajstić information content (AvgIpc) is 3.42. The molecule has 5 rings (SSSR count). The molecule has 1 fully saturated rings. The van der Waals surface area contributed by atoms with Crippen LogP contribution in [0.3, 0.4) is 0 Å². The molecule has 1 amide bonds. The molecule has 2 heterocycles. The van der Waals surface area contributed by atoms with Crippen molar-refractivity contribution in [3.63, 3.8) is 0 Å². The zero-order chi connectivity index (χ0) is 26.4. The van der Waals surface area contributed by atoms with Gasteiger partial charge in [-0.25, -0.2) is 4.98 Å². The number of methoxy groups -OCH3 is 1. The normalized spacial score (nSPS) is 17.2. The Morgan fingerprint density at radius 3 is 2.46 bits per heavy atom. The molecule has 1 atom stereocenters. The second-order valence-corrected chi connectivity index (χ2v) is 10.7. The topological polar surface area (TPSA) is 79.7 Å². The van der Waals surface area contributed by atoms with E-state index in [-0.39, 0.29) is 11.3 Å². The summed E-state index contributed by atoms with van der Waals surface area (Å²) in [4.78, 5) is 33.2. The summed E-state index contributed by atoms with van der Waals surface area (Å²) in [5.74, 6) is -0.840. The number of ether oxygens (including phenoxy) is 1. The van der Waals surface area contributed by atoms with Crippen LogP contribution in [-0.2, 0) is 9.59 Å². The molecule has 0 bridgehead atoms. The van der Waals surface area contributed by atoms with E-state index in [1.54, 1.807) is 24.3 Å². The van der Waals surface area contributed by atoms with Crippen LogP contribution in [-0.4, -0.2) is 28.9 Å². The molecule has 1 N–H and O–H groups in total. The molecule has 0 saturated carbocycles. The predicted octanol–water partition coefficient (Wildman–Crippen LogP) is 6.67. The Morgan fingerprint density at radius 2 is 1.78 bits per heavy atom. The summed E-state index contributed by atoms with van der Waals surface area (Å²) in [6.45, 7) is 8.21. The SMILES string of the molecule is COc1cccc(/C(O)=C2\C(=O)C(=O)N(c3nc4c(C)cc(C)cc4s3)C2c2ccc(C(C)C)cc2)c1. The maximum absolute atomic E-state index is 13.5. The molecule has 37 heavy (non-hydrogen) atoms. The summed E-state index contributed by atoms with van der Waals surface area (Å²) in [5, 5.41) is 11.8. The number of aromatic nitrogens is 1. The van der Waals surface area contributed by atoms with Gasteiger partial charge < -0.3 is 9.84 Å². The summed E-state index contributed by atoms with van der Waals surface area (Å²) in [6.07, 6.45) is 0. The molecule has 3 aromatic carbocycles. The van der Waals surface area contributed by atoms with Gasteiger partial charge in [-0.15, -0.1) is 0 Å². The summed E-state index contributed by atoms with van der Waals surface area (Å²) in [7, 11) is 1.53. The van der Waals surface area contributed by atoms with Crippen molar-refractivity contribution in [3.8, 4) is 5.75 Å². The van der Waals surface area contributed by atoms with Gasteiger partial charge in [0.15, 0.2) is 5.13 Å². The van der Waals surface area contributed by atoms with E-state index >= 15 is 0 Å². The highest BCUT2D eigenvalue weighted by Crippen LogP contribution is 2.45. The van der Waals surface area contributed by atoms with E-state index in [9.17, 15) is 14.7 Å². The van der Waals surface area contributed by atoms with Crippen LogP contribution >= 0.6 is 11.3 Å². The van der Waals surface area contributed by atoms with Crippen molar-refractivity contribution in [3.05, 3.63) is 94.1 Å². The Balaban J connectivity index is 1.73. The molecule has 7 heteroatoms. The molecule has 1 aliphatic heterocycles. The number of rotatable bonds is 5. The van der Waals surface area contributed by atoms with Gasteiger partial charge in [-0.05, 0) is 60.2 Å². The zero-order valence-electron chi connectivity index (χ0n) is 21.4. The summed E-state index contributed by atoms with van der Waals surface area (Å²) in [5.41, 5.74) is 5.19. The first-order chi connectivity index (χ1) is 17.7. The van der Waals surface area contributed by atoms with Gasteiger partial charge in [-0.3, -0.25) is 14.5 Å². The molecule has 0 spiro atoms. The molecular formula is C30H28N2O4S. The molecule has 1 saturated heterocycles. The van der Waals surface area contributed by atoms with Crippen LogP contribution in [0.4, 0.5) is 5.13 Å². The average molecular weight is 513 g/mol. The fraction of sp³-hybridized carbons (Fsp3) is 0.233. The highest BCUT2D eigenvalue weighted by molar-refractivity contribution is 7.22. The van der Waals surface area contributed by atoms with Crippen molar-refractivity contribution in [1.29, 1.82) is 0 Å². The Bertz CT molecular complexity index is 1570. The van der Waals surface area contributed by atoms with E-state index in [1.807, 2.05) is 50.2 Å². The number of thiazole rings is 1. The molecule has 0 aliphatic carbocycles. The first-order valence-corrected chi connectivity index (χ1v) is 12.9. The lowest BCUT2D eigenvalue weighted by molar-refractivity contribution is -0.132. The number of aryl methyl sites for hydroxylation is 2. The highest BCUT2D eigenvalue weighted by Gasteiger charge is 2.48. The third-order valence-electron chi connectivity index (χ3n) is 6.73. The number of nitrogens with zero attached hydrogens (tertiary/aromatic N) is 2. The Labute approximate surface area is 219 Å². The van der Waals surface area contributed by atoms with Crippen molar-refractivity contribution < 1.29 is 19.4 Å². The van der Waals surface area contributed by atoms with Crippen LogP contribution in [0.25, 0.3) is 16.0 Å². The van der Waals surface area contributed by atoms with Gasteiger partial charge in [0, 0.05) is 5.56 Å². The predicted molar refractivity (Wildman–Crippen MR) is 147 cm³/mol. The van der Waals surface area contributed by atoms with Crippen molar-refractivity contribution in [2.45, 2.75) is 39.7 Å². The lowest BCUT2D eigenvalue weighted by atomic mass is 9.93. The largest absolute Gasteiger partial charge is 0.507 e. The van der Waals surface area contributed by atoms with E-state index in [1.165, 1.54) is 23.3 Å². The van der Waals surface area contributed by atoms with Crippen molar-refractivity contribution in [2.24, 2.45) is 0 Å². The Hall–Kier alpha value is -3.97. The smallest absolute Gasteiger partial charge is 0.301 e. The van der Waals surface area contributed by atoms with Gasteiger partial charge >= 0.3 is 5.91 Å². The molecule has 1 aliphatic rings. The summed E-state index contributed by atoms with van der Waals surface area (Å²) < 4.78 is 6.24. The van der Waals surface area contributed by atoms with E-state index < -0.39 is 17.7 Å². The van der Waals surface area contributed by atoms with Crippen molar-refractivity contribution in [2.75, 3.05) is 12.0 Å². The van der Waals surface area contributed by atoms with Crippen LogP contribution < -0.4 is 9.64 Å². The van der Waals surface area contributed by atoms with Gasteiger partial charge in [-0.1, -0.05) is 67.6 Å². The first kappa shape index (κ1) is 24.7. The maximum atomic E-state index is 13.5. The number of hydrogen-bond donors (Lipinski definition) is 1. The zero-order valence-corrected chi connectivity index (χ0v) is 22.2. The first-order valence-electron chi connectivity index (χ1n) is 12.1. The maximum Gasteiger partial charge on any atom is 0.301 e. The van der Waals surface area contributed by atoms with Crippen molar-refractivity contribution in [1.82, 2.24) is 4.98 Å². The fourth-order valence-electron chi connectivity index (χ4n) is 4.80. The van der Waals surface area contributed by atoms with E-state index in [0.717, 1.165) is 32.5 Å². The number of carbonyl (C=O) groups excluding carboxylic acids is 2. The van der Waals surface area contributed by atoms with Gasteiger partial charge in [0.25, 0.3) is 5.78 Å². The van der Waals surface area contributed by atoms with Crippen molar-refractivity contribution >= 4 is 44.1 Å². The minimum atomic E-state index is -0.825. The van der Waals surface area contributed by atoms with Crippen LogP contribution in [0.1, 0.15) is 53.6 Å². The second kappa shape index (κ2) is 9.48.